The highest BCUT2D eigenvalue weighted by molar-refractivity contribution is 6.35. The predicted molar refractivity (Wildman–Crippen MR) is 107 cm³/mol. The molecule has 4 rings (SSSR count). The van der Waals surface area contributed by atoms with Gasteiger partial charge in [0.1, 0.15) is 11.8 Å². The summed E-state index contributed by atoms with van der Waals surface area (Å²) in [6.45, 7) is 3.11. The number of aromatic amines is 1. The number of nitrogens with zero attached hydrogens (tertiary/aromatic N) is 3. The molecule has 3 aromatic rings. The minimum absolute atomic E-state index is 0.144. The molecule has 8 heteroatoms. The molecule has 144 valence electrons. The lowest BCUT2D eigenvalue weighted by Gasteiger charge is -2.30. The largest absolute Gasteiger partial charge is 0.495 e. The van der Waals surface area contributed by atoms with Gasteiger partial charge in [0.2, 0.25) is 0 Å². The molecule has 0 saturated heterocycles. The number of hydrogen-bond acceptors (Lipinski definition) is 3. The van der Waals surface area contributed by atoms with Gasteiger partial charge in [-0.2, -0.15) is 0 Å². The number of hydrogen-bond donors (Lipinski definition) is 1. The van der Waals surface area contributed by atoms with Gasteiger partial charge >= 0.3 is 0 Å². The van der Waals surface area contributed by atoms with Crippen LogP contribution in [-0.4, -0.2) is 34.7 Å². The first-order valence-electron chi connectivity index (χ1n) is 8.88. The van der Waals surface area contributed by atoms with Crippen molar-refractivity contribution in [1.29, 1.82) is 0 Å². The van der Waals surface area contributed by atoms with Crippen molar-refractivity contribution < 1.29 is 14.1 Å². The summed E-state index contributed by atoms with van der Waals surface area (Å²) in [5, 5.41) is 8.54. The molecular formula is C20H19Cl2N4O2+. The Morgan fingerprint density at radius 1 is 1.29 bits per heavy atom. The second kappa shape index (κ2) is 7.45. The number of halogens is 2. The normalized spacial score (nSPS) is 16.0. The summed E-state index contributed by atoms with van der Waals surface area (Å²) >= 11 is 12.5. The van der Waals surface area contributed by atoms with Crippen molar-refractivity contribution >= 4 is 29.1 Å². The molecule has 2 aromatic carbocycles. The first-order valence-corrected chi connectivity index (χ1v) is 9.64. The monoisotopic (exact) mass is 417 g/mol. The van der Waals surface area contributed by atoms with E-state index in [0.717, 1.165) is 17.2 Å². The van der Waals surface area contributed by atoms with E-state index in [2.05, 4.69) is 14.8 Å². The van der Waals surface area contributed by atoms with Gasteiger partial charge in [-0.25, -0.2) is 4.57 Å². The molecule has 0 saturated carbocycles. The lowest BCUT2D eigenvalue weighted by atomic mass is 10.1. The second-order valence-electron chi connectivity index (χ2n) is 6.59. The Bertz CT molecular complexity index is 1050. The zero-order chi connectivity index (χ0) is 19.8. The van der Waals surface area contributed by atoms with Crippen LogP contribution in [-0.2, 0) is 6.54 Å². The molecule has 0 spiro atoms. The summed E-state index contributed by atoms with van der Waals surface area (Å²) in [7, 11) is 1.53. The summed E-state index contributed by atoms with van der Waals surface area (Å²) < 4.78 is 7.32. The number of rotatable bonds is 3. The Hall–Kier alpha value is -2.57. The van der Waals surface area contributed by atoms with Crippen LogP contribution in [0.2, 0.25) is 10.0 Å². The molecule has 2 heterocycles. The molecule has 0 fully saturated rings. The van der Waals surface area contributed by atoms with E-state index in [1.54, 1.807) is 23.1 Å². The molecule has 1 N–H and O–H groups in total. The molecule has 0 aliphatic carbocycles. The number of H-pyrrole nitrogens is 1. The third-order valence-corrected chi connectivity index (χ3v) is 5.63. The van der Waals surface area contributed by atoms with Gasteiger partial charge in [-0.1, -0.05) is 35.3 Å². The lowest BCUT2D eigenvalue weighted by molar-refractivity contribution is -0.702. The summed E-state index contributed by atoms with van der Waals surface area (Å²) in [4.78, 5) is 14.9. The van der Waals surface area contributed by atoms with Gasteiger partial charge in [0.15, 0.2) is 0 Å². The van der Waals surface area contributed by atoms with E-state index >= 15 is 0 Å². The third-order valence-electron chi connectivity index (χ3n) is 5.00. The van der Waals surface area contributed by atoms with E-state index in [1.807, 2.05) is 31.2 Å². The zero-order valence-corrected chi connectivity index (χ0v) is 17.0. The van der Waals surface area contributed by atoms with Crippen molar-refractivity contribution in [3.8, 4) is 17.1 Å². The minimum atomic E-state index is -0.215. The van der Waals surface area contributed by atoms with E-state index in [9.17, 15) is 4.79 Å². The van der Waals surface area contributed by atoms with Crippen LogP contribution in [0.1, 0.15) is 29.1 Å². The summed E-state index contributed by atoms with van der Waals surface area (Å²) in [5.74, 6) is 2.00. The maximum Gasteiger partial charge on any atom is 0.300 e. The Kier molecular flexibility index (Phi) is 5.00. The number of carbonyl (C=O) groups is 1. The molecule has 0 bridgehead atoms. The number of aromatic nitrogens is 3. The van der Waals surface area contributed by atoms with E-state index in [0.29, 0.717) is 34.4 Å². The van der Waals surface area contributed by atoms with Crippen molar-refractivity contribution in [1.82, 2.24) is 15.1 Å². The SMILES string of the molecule is COc1cccc(C(=O)N2CC[n+]3c(n[nH]c3-c3cccc(Cl)c3)[C@@H]2C)c1Cl. The van der Waals surface area contributed by atoms with E-state index in [-0.39, 0.29) is 11.9 Å². The number of benzene rings is 2. The van der Waals surface area contributed by atoms with Crippen LogP contribution in [0.15, 0.2) is 42.5 Å². The number of amides is 1. The molecule has 1 aliphatic rings. The van der Waals surface area contributed by atoms with Gasteiger partial charge < -0.3 is 9.64 Å². The van der Waals surface area contributed by atoms with E-state index in [1.165, 1.54) is 7.11 Å². The molecule has 1 aliphatic heterocycles. The molecule has 0 unspecified atom stereocenters. The smallest absolute Gasteiger partial charge is 0.300 e. The van der Waals surface area contributed by atoms with Gasteiger partial charge in [0.25, 0.3) is 17.6 Å². The van der Waals surface area contributed by atoms with Crippen LogP contribution >= 0.6 is 23.2 Å². The van der Waals surface area contributed by atoms with Crippen LogP contribution in [0.25, 0.3) is 11.4 Å². The first-order chi connectivity index (χ1) is 13.5. The van der Waals surface area contributed by atoms with E-state index < -0.39 is 0 Å². The number of fused-ring (bicyclic) bond motifs is 1. The number of nitrogens with one attached hydrogen (secondary N) is 1. The Morgan fingerprint density at radius 3 is 2.82 bits per heavy atom. The number of carbonyl (C=O) groups excluding carboxylic acids is 1. The van der Waals surface area contributed by atoms with Crippen molar-refractivity contribution in [2.45, 2.75) is 19.5 Å². The quantitative estimate of drug-likeness (QED) is 0.657. The van der Waals surface area contributed by atoms with Crippen LogP contribution in [0.5, 0.6) is 5.75 Å². The highest BCUT2D eigenvalue weighted by Gasteiger charge is 2.37. The van der Waals surface area contributed by atoms with Crippen molar-refractivity contribution in [2.24, 2.45) is 0 Å². The van der Waals surface area contributed by atoms with Crippen LogP contribution in [0, 0.1) is 0 Å². The van der Waals surface area contributed by atoms with E-state index in [4.69, 9.17) is 27.9 Å². The average Bonchev–Trinajstić information content (AvgIpc) is 3.13. The highest BCUT2D eigenvalue weighted by atomic mass is 35.5. The Morgan fingerprint density at radius 2 is 2.07 bits per heavy atom. The fourth-order valence-corrected chi connectivity index (χ4v) is 4.03. The van der Waals surface area contributed by atoms with Gasteiger partial charge in [0.05, 0.1) is 36.3 Å². The molecule has 6 nitrogen and oxygen atoms in total. The standard InChI is InChI=1S/C20H18Cl2N4O2/c1-12-18-23-24-19(13-5-3-6-14(21)11-13)26(18)10-9-25(12)20(27)15-7-4-8-16(28-2)17(15)22/h3-8,11-12H,9-10H2,1-2H3/p+1/t12-/m0/s1. The number of ether oxygens (including phenoxy) is 1. The highest BCUT2D eigenvalue weighted by Crippen LogP contribution is 2.31. The van der Waals surface area contributed by atoms with Gasteiger partial charge in [-0.3, -0.25) is 4.79 Å². The van der Waals surface area contributed by atoms with Gasteiger partial charge in [-0.05, 0) is 37.3 Å². The Balaban J connectivity index is 1.66. The predicted octanol–water partition coefficient (Wildman–Crippen LogP) is 3.90. The molecular weight excluding hydrogens is 399 g/mol. The van der Waals surface area contributed by atoms with Crippen LogP contribution < -0.4 is 9.30 Å². The van der Waals surface area contributed by atoms with Crippen molar-refractivity contribution in [2.75, 3.05) is 13.7 Å². The number of methoxy groups -OCH3 is 1. The molecule has 1 atom stereocenters. The molecule has 1 aromatic heterocycles. The van der Waals surface area contributed by atoms with Crippen molar-refractivity contribution in [3.05, 3.63) is 63.9 Å². The minimum Gasteiger partial charge on any atom is -0.495 e. The van der Waals surface area contributed by atoms with Crippen molar-refractivity contribution in [3.63, 3.8) is 0 Å². The zero-order valence-electron chi connectivity index (χ0n) is 15.4. The van der Waals surface area contributed by atoms with Crippen LogP contribution in [0.4, 0.5) is 0 Å². The third kappa shape index (κ3) is 3.12. The van der Waals surface area contributed by atoms with Crippen LogP contribution in [0.3, 0.4) is 0 Å². The Labute approximate surface area is 172 Å². The average molecular weight is 418 g/mol. The van der Waals surface area contributed by atoms with Gasteiger partial charge in [0, 0.05) is 10.1 Å². The van der Waals surface area contributed by atoms with Gasteiger partial charge in [-0.15, -0.1) is 5.10 Å². The maximum atomic E-state index is 13.2. The fraction of sp³-hybridized carbons (Fsp3) is 0.250. The maximum absolute atomic E-state index is 13.2. The summed E-state index contributed by atoms with van der Waals surface area (Å²) in [6.07, 6.45) is 0. The first kappa shape index (κ1) is 18.8. The topological polar surface area (TPSA) is 62.1 Å². The summed E-state index contributed by atoms with van der Waals surface area (Å²) in [6, 6.07) is 12.6. The fourth-order valence-electron chi connectivity index (χ4n) is 3.55. The lowest BCUT2D eigenvalue weighted by Crippen LogP contribution is -2.53. The molecule has 1 amide bonds. The second-order valence-corrected chi connectivity index (χ2v) is 7.40. The molecule has 0 radical (unpaired) electrons. The molecule has 28 heavy (non-hydrogen) atoms. The summed E-state index contributed by atoms with van der Waals surface area (Å²) in [5.41, 5.74) is 1.38.